The lowest BCUT2D eigenvalue weighted by molar-refractivity contribution is -0.354. The van der Waals surface area contributed by atoms with Gasteiger partial charge in [-0.25, -0.2) is 4.79 Å². The van der Waals surface area contributed by atoms with Crippen LogP contribution in [0.15, 0.2) is 48.5 Å². The number of hydrogen-bond acceptors (Lipinski definition) is 4. The van der Waals surface area contributed by atoms with Crippen LogP contribution < -0.4 is 0 Å². The number of ether oxygens (including phenoxy) is 1. The lowest BCUT2D eigenvalue weighted by Crippen LogP contribution is -2.06. The minimum atomic E-state index is -0.462. The molecular formula is C17H14N2O3. The van der Waals surface area contributed by atoms with Crippen molar-refractivity contribution in [3.8, 4) is 6.07 Å². The second-order valence-electron chi connectivity index (χ2n) is 4.46. The monoisotopic (exact) mass is 294 g/mol. The van der Waals surface area contributed by atoms with Gasteiger partial charge in [0.1, 0.15) is 0 Å². The van der Waals surface area contributed by atoms with E-state index in [4.69, 9.17) is 10.00 Å². The number of esters is 1. The van der Waals surface area contributed by atoms with Gasteiger partial charge in [0, 0.05) is 17.7 Å². The molecule has 2 aromatic rings. The van der Waals surface area contributed by atoms with E-state index in [0.29, 0.717) is 27.1 Å². The zero-order chi connectivity index (χ0) is 15.9. The van der Waals surface area contributed by atoms with Gasteiger partial charge in [-0.2, -0.15) is 10.0 Å². The van der Waals surface area contributed by atoms with Gasteiger partial charge in [0.05, 0.1) is 23.8 Å². The molecule has 2 aromatic carbocycles. The molecule has 0 fully saturated rings. The average Bonchev–Trinajstić information content (AvgIpc) is 2.56. The summed E-state index contributed by atoms with van der Waals surface area (Å²) >= 11 is 0. The second kappa shape index (κ2) is 7.04. The minimum absolute atomic E-state index is 0.279. The Morgan fingerprint density at radius 1 is 1.32 bits per heavy atom. The summed E-state index contributed by atoms with van der Waals surface area (Å²) in [4.78, 5) is 11.7. The van der Waals surface area contributed by atoms with Crippen LogP contribution in [0.3, 0.4) is 0 Å². The number of rotatable bonds is 4. The minimum Gasteiger partial charge on any atom is -0.618 e. The molecule has 2 rings (SSSR count). The van der Waals surface area contributed by atoms with Crippen molar-refractivity contribution >= 4 is 17.9 Å². The molecule has 0 N–H and O–H groups in total. The first kappa shape index (κ1) is 15.3. The highest BCUT2D eigenvalue weighted by molar-refractivity contribution is 5.90. The molecule has 5 heteroatoms. The van der Waals surface area contributed by atoms with Crippen molar-refractivity contribution in [2.24, 2.45) is 0 Å². The van der Waals surface area contributed by atoms with Crippen LogP contribution >= 0.6 is 0 Å². The molecule has 0 spiro atoms. The van der Waals surface area contributed by atoms with Crippen LogP contribution in [-0.2, 0) is 4.74 Å². The number of nitrogens with zero attached hydrogens (tertiary/aromatic N) is 2. The molecule has 0 saturated carbocycles. The summed E-state index contributed by atoms with van der Waals surface area (Å²) < 4.78 is 5.58. The highest BCUT2D eigenvalue weighted by atomic mass is 16.5. The van der Waals surface area contributed by atoms with Gasteiger partial charge in [0.2, 0.25) is 5.69 Å². The van der Waals surface area contributed by atoms with Crippen molar-refractivity contribution in [2.75, 3.05) is 6.61 Å². The van der Waals surface area contributed by atoms with Gasteiger partial charge in [0.25, 0.3) is 0 Å². The second-order valence-corrected chi connectivity index (χ2v) is 4.46. The standard InChI is InChI=1S/C17H14N2O3/c1-2-22-17(20)15-4-3-5-16(10-15)19(21)12-14-8-6-13(11-18)7-9-14/h3-10,12H,2H2,1H3/b19-12-. The molecule has 0 aliphatic rings. The Hall–Kier alpha value is -3.13. The van der Waals surface area contributed by atoms with Crippen molar-refractivity contribution in [1.29, 1.82) is 5.26 Å². The lowest BCUT2D eigenvalue weighted by atomic mass is 10.1. The van der Waals surface area contributed by atoms with E-state index in [1.54, 1.807) is 49.4 Å². The van der Waals surface area contributed by atoms with Crippen molar-refractivity contribution in [3.63, 3.8) is 0 Å². The highest BCUT2D eigenvalue weighted by Crippen LogP contribution is 2.15. The summed E-state index contributed by atoms with van der Waals surface area (Å²) in [5.41, 5.74) is 1.85. The summed E-state index contributed by atoms with van der Waals surface area (Å²) in [6.45, 7) is 2.00. The number of carbonyl (C=O) groups excluding carboxylic acids is 1. The Labute approximate surface area is 128 Å². The third-order valence-corrected chi connectivity index (χ3v) is 2.92. The van der Waals surface area contributed by atoms with Crippen LogP contribution in [0.4, 0.5) is 5.69 Å². The Bertz CT molecular complexity index is 743. The fourth-order valence-electron chi connectivity index (χ4n) is 1.84. The Morgan fingerprint density at radius 3 is 2.68 bits per heavy atom. The quantitative estimate of drug-likeness (QED) is 0.285. The van der Waals surface area contributed by atoms with Crippen LogP contribution in [0.5, 0.6) is 0 Å². The van der Waals surface area contributed by atoms with Gasteiger partial charge in [-0.15, -0.1) is 0 Å². The van der Waals surface area contributed by atoms with Gasteiger partial charge in [-0.1, -0.05) is 6.07 Å². The molecule has 5 nitrogen and oxygen atoms in total. The van der Waals surface area contributed by atoms with E-state index in [-0.39, 0.29) is 6.61 Å². The summed E-state index contributed by atoms with van der Waals surface area (Å²) in [5, 5.41) is 20.9. The summed E-state index contributed by atoms with van der Waals surface area (Å²) in [6.07, 6.45) is 1.38. The zero-order valence-electron chi connectivity index (χ0n) is 12.0. The fraction of sp³-hybridized carbons (Fsp3) is 0.118. The van der Waals surface area contributed by atoms with Crippen LogP contribution in [0, 0.1) is 16.5 Å². The summed E-state index contributed by atoms with van der Waals surface area (Å²) in [7, 11) is 0. The zero-order valence-corrected chi connectivity index (χ0v) is 12.0. The third-order valence-electron chi connectivity index (χ3n) is 2.92. The van der Waals surface area contributed by atoms with E-state index in [9.17, 15) is 10.0 Å². The van der Waals surface area contributed by atoms with E-state index in [2.05, 4.69) is 0 Å². The normalized spacial score (nSPS) is 10.8. The van der Waals surface area contributed by atoms with Crippen molar-refractivity contribution in [3.05, 3.63) is 70.4 Å². The van der Waals surface area contributed by atoms with Crippen LogP contribution in [0.25, 0.3) is 0 Å². The predicted molar refractivity (Wildman–Crippen MR) is 82.0 cm³/mol. The molecule has 0 atom stereocenters. The number of carbonyl (C=O) groups is 1. The lowest BCUT2D eigenvalue weighted by Gasteiger charge is -2.05. The Morgan fingerprint density at radius 2 is 2.05 bits per heavy atom. The van der Waals surface area contributed by atoms with Crippen molar-refractivity contribution < 1.29 is 14.3 Å². The van der Waals surface area contributed by atoms with Crippen LogP contribution in [0.1, 0.15) is 28.4 Å². The largest absolute Gasteiger partial charge is 0.618 e. The van der Waals surface area contributed by atoms with E-state index >= 15 is 0 Å². The Kier molecular flexibility index (Phi) is 4.89. The first-order chi connectivity index (χ1) is 10.6. The van der Waals surface area contributed by atoms with Crippen molar-refractivity contribution in [1.82, 2.24) is 0 Å². The molecule has 0 aliphatic heterocycles. The fourth-order valence-corrected chi connectivity index (χ4v) is 1.84. The number of benzene rings is 2. The van der Waals surface area contributed by atoms with Gasteiger partial charge in [-0.3, -0.25) is 0 Å². The smallest absolute Gasteiger partial charge is 0.338 e. The molecule has 0 radical (unpaired) electrons. The molecule has 110 valence electrons. The van der Waals surface area contributed by atoms with Crippen LogP contribution in [0.2, 0.25) is 0 Å². The van der Waals surface area contributed by atoms with E-state index in [1.165, 1.54) is 12.3 Å². The third kappa shape index (κ3) is 3.70. The van der Waals surface area contributed by atoms with Crippen LogP contribution in [-0.4, -0.2) is 23.5 Å². The first-order valence-corrected chi connectivity index (χ1v) is 6.72. The van der Waals surface area contributed by atoms with Gasteiger partial charge < -0.3 is 9.94 Å². The molecule has 0 aromatic heterocycles. The first-order valence-electron chi connectivity index (χ1n) is 6.72. The molecule has 0 unspecified atom stereocenters. The van der Waals surface area contributed by atoms with E-state index in [0.717, 1.165) is 0 Å². The summed E-state index contributed by atoms with van der Waals surface area (Å²) in [6, 6.07) is 14.9. The maximum atomic E-state index is 12.1. The Balaban J connectivity index is 2.26. The van der Waals surface area contributed by atoms with E-state index in [1.807, 2.05) is 6.07 Å². The number of nitriles is 1. The molecule has 0 heterocycles. The predicted octanol–water partition coefficient (Wildman–Crippen LogP) is 3.00. The molecular weight excluding hydrogens is 280 g/mol. The van der Waals surface area contributed by atoms with Gasteiger partial charge >= 0.3 is 5.97 Å². The molecule has 0 bridgehead atoms. The van der Waals surface area contributed by atoms with Gasteiger partial charge in [-0.05, 0) is 37.3 Å². The maximum absolute atomic E-state index is 12.1. The molecule has 0 saturated heterocycles. The van der Waals surface area contributed by atoms with Crippen molar-refractivity contribution in [2.45, 2.75) is 6.92 Å². The number of hydrogen-bond donors (Lipinski definition) is 0. The van der Waals surface area contributed by atoms with Gasteiger partial charge in [0.15, 0.2) is 6.21 Å². The maximum Gasteiger partial charge on any atom is 0.338 e. The summed E-state index contributed by atoms with van der Waals surface area (Å²) in [5.74, 6) is -0.462. The topological polar surface area (TPSA) is 76.2 Å². The molecule has 0 amide bonds. The molecule has 0 aliphatic carbocycles. The SMILES string of the molecule is CCOC(=O)c1cccc(/[N+]([O-])=C/c2ccc(C#N)cc2)c1. The average molecular weight is 294 g/mol. The molecule has 22 heavy (non-hydrogen) atoms. The highest BCUT2D eigenvalue weighted by Gasteiger charge is 2.10. The van der Waals surface area contributed by atoms with E-state index < -0.39 is 5.97 Å².